The van der Waals surface area contributed by atoms with E-state index in [2.05, 4.69) is 25.7 Å². The van der Waals surface area contributed by atoms with Crippen molar-refractivity contribution in [1.82, 2.24) is 15.0 Å². The van der Waals surface area contributed by atoms with Gasteiger partial charge >= 0.3 is 0 Å². The van der Waals surface area contributed by atoms with E-state index in [1.54, 1.807) is 6.20 Å². The molecular weight excluding hydrogens is 238 g/mol. The number of halogens is 1. The zero-order chi connectivity index (χ0) is 12.1. The summed E-state index contributed by atoms with van der Waals surface area (Å²) in [6, 6.07) is 0. The Kier molecular flexibility index (Phi) is 4.39. The molecule has 2 N–H and O–H groups in total. The minimum absolute atomic E-state index is 0.553. The van der Waals surface area contributed by atoms with Crippen LogP contribution in [0.2, 0.25) is 5.02 Å². The molecule has 1 saturated heterocycles. The highest BCUT2D eigenvalue weighted by atomic mass is 35.5. The Bertz CT molecular complexity index is 365. The largest absolute Gasteiger partial charge is 0.354 e. The first-order valence-corrected chi connectivity index (χ1v) is 6.45. The van der Waals surface area contributed by atoms with Gasteiger partial charge in [0.25, 0.3) is 0 Å². The molecule has 1 aromatic rings. The van der Waals surface area contributed by atoms with Crippen molar-refractivity contribution in [2.75, 3.05) is 30.4 Å². The van der Waals surface area contributed by atoms with Gasteiger partial charge in [-0.1, -0.05) is 18.0 Å². The Balaban J connectivity index is 2.04. The van der Waals surface area contributed by atoms with Crippen molar-refractivity contribution < 1.29 is 0 Å². The number of rotatable bonds is 4. The van der Waals surface area contributed by atoms with E-state index < -0.39 is 0 Å². The first-order chi connectivity index (χ1) is 8.29. The molecular formula is C11H18ClN5. The van der Waals surface area contributed by atoms with Crippen LogP contribution < -0.4 is 10.7 Å². The second-order valence-corrected chi connectivity index (χ2v) is 4.49. The molecule has 0 amide bonds. The van der Waals surface area contributed by atoms with Gasteiger partial charge in [-0.2, -0.15) is 4.98 Å². The van der Waals surface area contributed by atoms with Crippen molar-refractivity contribution in [1.29, 1.82) is 0 Å². The van der Waals surface area contributed by atoms with Gasteiger partial charge in [0.05, 0.1) is 6.20 Å². The molecule has 6 heteroatoms. The van der Waals surface area contributed by atoms with Crippen LogP contribution in [0.25, 0.3) is 0 Å². The number of piperidine rings is 1. The lowest BCUT2D eigenvalue weighted by Gasteiger charge is -2.27. The van der Waals surface area contributed by atoms with Gasteiger partial charge in [-0.15, -0.1) is 0 Å². The number of aromatic nitrogens is 2. The number of hydrogen-bond acceptors (Lipinski definition) is 5. The van der Waals surface area contributed by atoms with E-state index in [1.807, 2.05) is 6.92 Å². The fraction of sp³-hybridized carbons (Fsp3) is 0.636. The molecule has 1 aromatic heterocycles. The molecule has 0 aliphatic carbocycles. The summed E-state index contributed by atoms with van der Waals surface area (Å²) in [6.45, 7) is 4.88. The van der Waals surface area contributed by atoms with Crippen LogP contribution in [-0.2, 0) is 0 Å². The predicted octanol–water partition coefficient (Wildman–Crippen LogP) is 2.37. The van der Waals surface area contributed by atoms with Crippen molar-refractivity contribution >= 4 is 23.4 Å². The number of hydrazine groups is 1. The molecule has 1 aliphatic rings. The Labute approximate surface area is 107 Å². The fourth-order valence-electron chi connectivity index (χ4n) is 1.84. The molecule has 0 radical (unpaired) electrons. The van der Waals surface area contributed by atoms with Gasteiger partial charge in [0.2, 0.25) is 5.95 Å². The van der Waals surface area contributed by atoms with Gasteiger partial charge < -0.3 is 10.7 Å². The normalized spacial score (nSPS) is 16.8. The Morgan fingerprint density at radius 2 is 2.12 bits per heavy atom. The molecule has 2 rings (SSSR count). The summed E-state index contributed by atoms with van der Waals surface area (Å²) in [6.07, 6.45) is 5.36. The van der Waals surface area contributed by atoms with Gasteiger partial charge in [0.15, 0.2) is 5.82 Å². The van der Waals surface area contributed by atoms with Gasteiger partial charge in [-0.25, -0.2) is 9.99 Å². The standard InChI is InChI=1S/C11H18ClN5/c1-2-13-11-14-8-9(12)10(15-11)16-17-6-4-3-5-7-17/h8H,2-7H2,1H3,(H2,13,14,15,16). The molecule has 0 atom stereocenters. The molecule has 1 fully saturated rings. The van der Waals surface area contributed by atoms with Crippen molar-refractivity contribution in [3.63, 3.8) is 0 Å². The highest BCUT2D eigenvalue weighted by molar-refractivity contribution is 6.32. The number of anilines is 2. The Morgan fingerprint density at radius 1 is 1.35 bits per heavy atom. The van der Waals surface area contributed by atoms with E-state index in [4.69, 9.17) is 11.6 Å². The molecule has 2 heterocycles. The molecule has 0 spiro atoms. The minimum atomic E-state index is 0.553. The van der Waals surface area contributed by atoms with Gasteiger partial charge in [0, 0.05) is 19.6 Å². The molecule has 0 saturated carbocycles. The summed E-state index contributed by atoms with van der Waals surface area (Å²) in [5.41, 5.74) is 3.26. The fourth-order valence-corrected chi connectivity index (χ4v) is 1.98. The maximum absolute atomic E-state index is 6.07. The highest BCUT2D eigenvalue weighted by Gasteiger charge is 2.12. The van der Waals surface area contributed by atoms with Crippen LogP contribution >= 0.6 is 11.6 Å². The number of nitrogens with one attached hydrogen (secondary N) is 2. The van der Waals surface area contributed by atoms with E-state index in [0.717, 1.165) is 19.6 Å². The third-order valence-electron chi connectivity index (χ3n) is 2.70. The van der Waals surface area contributed by atoms with Crippen LogP contribution in [0, 0.1) is 0 Å². The average molecular weight is 256 g/mol. The zero-order valence-electron chi connectivity index (χ0n) is 10.0. The van der Waals surface area contributed by atoms with E-state index in [0.29, 0.717) is 16.8 Å². The summed E-state index contributed by atoms with van der Waals surface area (Å²) < 4.78 is 0. The minimum Gasteiger partial charge on any atom is -0.354 e. The molecule has 17 heavy (non-hydrogen) atoms. The van der Waals surface area contributed by atoms with E-state index in [1.165, 1.54) is 19.3 Å². The van der Waals surface area contributed by atoms with Crippen molar-refractivity contribution in [3.8, 4) is 0 Å². The van der Waals surface area contributed by atoms with Crippen LogP contribution in [0.15, 0.2) is 6.20 Å². The van der Waals surface area contributed by atoms with Gasteiger partial charge in [-0.3, -0.25) is 0 Å². The maximum atomic E-state index is 6.07. The van der Waals surface area contributed by atoms with E-state index in [9.17, 15) is 0 Å². The van der Waals surface area contributed by atoms with Crippen LogP contribution in [0.3, 0.4) is 0 Å². The SMILES string of the molecule is CCNc1ncc(Cl)c(NN2CCCCC2)n1. The van der Waals surface area contributed by atoms with Gasteiger partial charge in [0.1, 0.15) is 5.02 Å². The monoisotopic (exact) mass is 255 g/mol. The average Bonchev–Trinajstić information content (AvgIpc) is 2.35. The van der Waals surface area contributed by atoms with Crippen molar-refractivity contribution in [2.45, 2.75) is 26.2 Å². The summed E-state index contributed by atoms with van der Waals surface area (Å²) in [5, 5.41) is 5.79. The third-order valence-corrected chi connectivity index (χ3v) is 2.98. The van der Waals surface area contributed by atoms with Crippen LogP contribution in [0.5, 0.6) is 0 Å². The molecule has 0 unspecified atom stereocenters. The number of nitrogens with zero attached hydrogens (tertiary/aromatic N) is 3. The van der Waals surface area contributed by atoms with E-state index in [-0.39, 0.29) is 0 Å². The summed E-state index contributed by atoms with van der Waals surface area (Å²) in [7, 11) is 0. The van der Waals surface area contributed by atoms with E-state index >= 15 is 0 Å². The summed E-state index contributed by atoms with van der Waals surface area (Å²) >= 11 is 6.07. The lowest BCUT2D eigenvalue weighted by Crippen LogP contribution is -2.35. The molecule has 5 nitrogen and oxygen atoms in total. The summed E-state index contributed by atoms with van der Waals surface area (Å²) in [5.74, 6) is 1.29. The number of hydrogen-bond donors (Lipinski definition) is 2. The first-order valence-electron chi connectivity index (χ1n) is 6.07. The summed E-state index contributed by atoms with van der Waals surface area (Å²) in [4.78, 5) is 8.46. The van der Waals surface area contributed by atoms with Crippen LogP contribution in [0.4, 0.5) is 11.8 Å². The molecule has 1 aliphatic heterocycles. The zero-order valence-corrected chi connectivity index (χ0v) is 10.8. The maximum Gasteiger partial charge on any atom is 0.224 e. The lowest BCUT2D eigenvalue weighted by molar-refractivity contribution is 0.272. The van der Waals surface area contributed by atoms with Crippen molar-refractivity contribution in [2.24, 2.45) is 0 Å². The lowest BCUT2D eigenvalue weighted by atomic mass is 10.2. The Morgan fingerprint density at radius 3 is 2.82 bits per heavy atom. The third kappa shape index (κ3) is 3.44. The van der Waals surface area contributed by atoms with Crippen LogP contribution in [0.1, 0.15) is 26.2 Å². The highest BCUT2D eigenvalue weighted by Crippen LogP contribution is 2.21. The molecule has 94 valence electrons. The Hall–Kier alpha value is -1.07. The smallest absolute Gasteiger partial charge is 0.224 e. The molecule has 0 bridgehead atoms. The molecule has 0 aromatic carbocycles. The van der Waals surface area contributed by atoms with Crippen molar-refractivity contribution in [3.05, 3.63) is 11.2 Å². The van der Waals surface area contributed by atoms with Crippen LogP contribution in [-0.4, -0.2) is 34.6 Å². The second kappa shape index (κ2) is 6.02. The van der Waals surface area contributed by atoms with Gasteiger partial charge in [-0.05, 0) is 19.8 Å². The first kappa shape index (κ1) is 12.4. The second-order valence-electron chi connectivity index (χ2n) is 4.08. The quantitative estimate of drug-likeness (QED) is 0.865. The topological polar surface area (TPSA) is 53.1 Å². The predicted molar refractivity (Wildman–Crippen MR) is 70.3 cm³/mol.